The van der Waals surface area contributed by atoms with E-state index in [0.717, 1.165) is 12.3 Å². The molecule has 0 spiro atoms. The molecule has 1 heteroatoms. The van der Waals surface area contributed by atoms with Gasteiger partial charge in [-0.1, -0.05) is 41.5 Å². The Morgan fingerprint density at radius 1 is 1.18 bits per heavy atom. The maximum absolute atomic E-state index is 2.42. The highest BCUT2D eigenvalue weighted by atomic mass is 15.0. The van der Waals surface area contributed by atoms with Gasteiger partial charge < -0.3 is 4.57 Å². The summed E-state index contributed by atoms with van der Waals surface area (Å²) in [6.07, 6.45) is 2.38. The van der Waals surface area contributed by atoms with Gasteiger partial charge in [-0.3, -0.25) is 0 Å². The standard InChI is InChI=1S/C16H29N/c1-8-14(12(2)3)15-10-9-13(17(15)7)11-16(4,5)6/h9-10,12,14H,8,11H2,1-7H3. The highest BCUT2D eigenvalue weighted by Crippen LogP contribution is 2.30. The van der Waals surface area contributed by atoms with Crippen LogP contribution in [0, 0.1) is 11.3 Å². The lowest BCUT2D eigenvalue weighted by Crippen LogP contribution is -2.15. The monoisotopic (exact) mass is 235 g/mol. The van der Waals surface area contributed by atoms with Gasteiger partial charge in [-0.05, 0) is 36.3 Å². The lowest BCUT2D eigenvalue weighted by molar-refractivity contribution is 0.396. The Labute approximate surface area is 107 Å². The Morgan fingerprint density at radius 3 is 2.18 bits per heavy atom. The van der Waals surface area contributed by atoms with Crippen LogP contribution in [0.2, 0.25) is 0 Å². The van der Waals surface area contributed by atoms with Crippen molar-refractivity contribution in [3.63, 3.8) is 0 Å². The fourth-order valence-electron chi connectivity index (χ4n) is 2.69. The quantitative estimate of drug-likeness (QED) is 0.709. The second-order valence-electron chi connectivity index (χ2n) is 6.80. The van der Waals surface area contributed by atoms with E-state index >= 15 is 0 Å². The van der Waals surface area contributed by atoms with Crippen LogP contribution in [0.15, 0.2) is 12.1 Å². The maximum Gasteiger partial charge on any atom is 0.0207 e. The van der Waals surface area contributed by atoms with Gasteiger partial charge in [-0.15, -0.1) is 0 Å². The molecule has 0 radical (unpaired) electrons. The molecule has 1 atom stereocenters. The van der Waals surface area contributed by atoms with Crippen molar-refractivity contribution < 1.29 is 0 Å². The Balaban J connectivity index is 2.98. The molecule has 0 saturated heterocycles. The number of nitrogens with zero attached hydrogens (tertiary/aromatic N) is 1. The fraction of sp³-hybridized carbons (Fsp3) is 0.750. The van der Waals surface area contributed by atoms with E-state index in [9.17, 15) is 0 Å². The third-order valence-electron chi connectivity index (χ3n) is 3.60. The molecule has 0 aromatic carbocycles. The zero-order chi connectivity index (χ0) is 13.2. The van der Waals surface area contributed by atoms with Crippen molar-refractivity contribution in [2.24, 2.45) is 18.4 Å². The van der Waals surface area contributed by atoms with Crippen LogP contribution < -0.4 is 0 Å². The van der Waals surface area contributed by atoms with E-state index in [1.165, 1.54) is 17.8 Å². The number of hydrogen-bond donors (Lipinski definition) is 0. The SMILES string of the molecule is CCC(c1ccc(CC(C)(C)C)n1C)C(C)C. The van der Waals surface area contributed by atoms with Gasteiger partial charge in [0.25, 0.3) is 0 Å². The summed E-state index contributed by atoms with van der Waals surface area (Å²) < 4.78 is 2.42. The highest BCUT2D eigenvalue weighted by Gasteiger charge is 2.20. The first-order chi connectivity index (χ1) is 7.76. The van der Waals surface area contributed by atoms with Crippen molar-refractivity contribution in [3.8, 4) is 0 Å². The molecule has 0 bridgehead atoms. The molecule has 0 aliphatic carbocycles. The first-order valence-electron chi connectivity index (χ1n) is 6.90. The van der Waals surface area contributed by atoms with E-state index in [0.29, 0.717) is 11.3 Å². The summed E-state index contributed by atoms with van der Waals surface area (Å²) in [7, 11) is 2.22. The third-order valence-corrected chi connectivity index (χ3v) is 3.60. The van der Waals surface area contributed by atoms with Crippen molar-refractivity contribution in [2.75, 3.05) is 0 Å². The highest BCUT2D eigenvalue weighted by molar-refractivity contribution is 5.21. The van der Waals surface area contributed by atoms with E-state index in [4.69, 9.17) is 0 Å². The average molecular weight is 235 g/mol. The molecule has 0 aliphatic rings. The van der Waals surface area contributed by atoms with Gasteiger partial charge in [0.15, 0.2) is 0 Å². The zero-order valence-electron chi connectivity index (χ0n) is 12.7. The number of aromatic nitrogens is 1. The van der Waals surface area contributed by atoms with E-state index in [1.807, 2.05) is 0 Å². The molecule has 0 aliphatic heterocycles. The van der Waals surface area contributed by atoms with Crippen LogP contribution in [-0.4, -0.2) is 4.57 Å². The molecule has 0 amide bonds. The smallest absolute Gasteiger partial charge is 0.0207 e. The van der Waals surface area contributed by atoms with E-state index in [2.05, 4.69) is 65.3 Å². The second kappa shape index (κ2) is 5.29. The Hall–Kier alpha value is -0.720. The minimum Gasteiger partial charge on any atom is -0.351 e. The molecule has 1 unspecified atom stereocenters. The van der Waals surface area contributed by atoms with Crippen LogP contribution in [0.25, 0.3) is 0 Å². The fourth-order valence-corrected chi connectivity index (χ4v) is 2.69. The van der Waals surface area contributed by atoms with Gasteiger partial charge in [0.2, 0.25) is 0 Å². The zero-order valence-corrected chi connectivity index (χ0v) is 12.7. The minimum absolute atomic E-state index is 0.364. The van der Waals surface area contributed by atoms with Crippen molar-refractivity contribution in [2.45, 2.75) is 60.3 Å². The summed E-state index contributed by atoms with van der Waals surface area (Å²) in [5, 5.41) is 0. The van der Waals surface area contributed by atoms with Crippen LogP contribution in [0.3, 0.4) is 0 Å². The van der Waals surface area contributed by atoms with Gasteiger partial charge in [0, 0.05) is 24.4 Å². The first kappa shape index (κ1) is 14.3. The first-order valence-corrected chi connectivity index (χ1v) is 6.90. The molecule has 0 fully saturated rings. The number of hydrogen-bond acceptors (Lipinski definition) is 0. The van der Waals surface area contributed by atoms with Crippen molar-refractivity contribution >= 4 is 0 Å². The predicted molar refractivity (Wildman–Crippen MR) is 76.4 cm³/mol. The Bertz CT molecular complexity index is 352. The van der Waals surface area contributed by atoms with Crippen molar-refractivity contribution in [3.05, 3.63) is 23.5 Å². The molecular formula is C16H29N. The Kier molecular flexibility index (Phi) is 4.46. The van der Waals surface area contributed by atoms with E-state index in [-0.39, 0.29) is 0 Å². The molecule has 1 nitrogen and oxygen atoms in total. The maximum atomic E-state index is 2.42. The molecule has 98 valence electrons. The van der Waals surface area contributed by atoms with Crippen LogP contribution in [-0.2, 0) is 13.5 Å². The molecule has 1 heterocycles. The summed E-state index contributed by atoms with van der Waals surface area (Å²) in [6, 6.07) is 4.64. The average Bonchev–Trinajstić information content (AvgIpc) is 2.48. The lowest BCUT2D eigenvalue weighted by Gasteiger charge is -2.23. The normalized spacial score (nSPS) is 14.4. The van der Waals surface area contributed by atoms with Crippen LogP contribution in [0.5, 0.6) is 0 Å². The largest absolute Gasteiger partial charge is 0.351 e. The van der Waals surface area contributed by atoms with Crippen LogP contribution in [0.1, 0.15) is 65.3 Å². The number of rotatable bonds is 4. The van der Waals surface area contributed by atoms with Gasteiger partial charge in [0.1, 0.15) is 0 Å². The minimum atomic E-state index is 0.364. The summed E-state index contributed by atoms with van der Waals surface area (Å²) in [5.74, 6) is 1.41. The molecule has 0 N–H and O–H groups in total. The van der Waals surface area contributed by atoms with Crippen LogP contribution >= 0.6 is 0 Å². The molecule has 0 saturated carbocycles. The summed E-state index contributed by atoms with van der Waals surface area (Å²) in [5.41, 5.74) is 3.33. The Morgan fingerprint density at radius 2 is 1.76 bits per heavy atom. The van der Waals surface area contributed by atoms with Gasteiger partial charge >= 0.3 is 0 Å². The van der Waals surface area contributed by atoms with Crippen LogP contribution in [0.4, 0.5) is 0 Å². The van der Waals surface area contributed by atoms with Gasteiger partial charge in [-0.2, -0.15) is 0 Å². The van der Waals surface area contributed by atoms with Gasteiger partial charge in [-0.25, -0.2) is 0 Å². The molecule has 1 aromatic heterocycles. The second-order valence-corrected chi connectivity index (χ2v) is 6.80. The van der Waals surface area contributed by atoms with E-state index < -0.39 is 0 Å². The van der Waals surface area contributed by atoms with E-state index in [1.54, 1.807) is 0 Å². The molecule has 1 rings (SSSR count). The van der Waals surface area contributed by atoms with Gasteiger partial charge in [0.05, 0.1) is 0 Å². The van der Waals surface area contributed by atoms with Crippen molar-refractivity contribution in [1.29, 1.82) is 0 Å². The molecule has 17 heavy (non-hydrogen) atoms. The lowest BCUT2D eigenvalue weighted by atomic mass is 9.90. The predicted octanol–water partition coefficient (Wildman–Crippen LogP) is 4.76. The van der Waals surface area contributed by atoms with Crippen molar-refractivity contribution in [1.82, 2.24) is 4.57 Å². The molecular weight excluding hydrogens is 206 g/mol. The molecule has 1 aromatic rings. The summed E-state index contributed by atoms with van der Waals surface area (Å²) >= 11 is 0. The summed E-state index contributed by atoms with van der Waals surface area (Å²) in [6.45, 7) is 13.9. The summed E-state index contributed by atoms with van der Waals surface area (Å²) in [4.78, 5) is 0. The topological polar surface area (TPSA) is 4.93 Å². The third kappa shape index (κ3) is 3.62.